The normalized spacial score (nSPS) is 11.5. The minimum absolute atomic E-state index is 0.0679. The SMILES string of the molecule is NC(=NCCCCc1ccc(OCCOCCOCCOCCOCCNC(=O)NCCCCNC(=O)NCCOCCOCCOCCOCCOc2ccc(CCCCN=C(N)NC(=O)c3nc(Cl)c(N)nc3N)cc2)cc1)NC(=O)c1nc(Cl)c(N)nc1N. The number of aryl methyl sites for hydroxylation is 2. The van der Waals surface area contributed by atoms with Crippen LogP contribution in [0.15, 0.2) is 58.5 Å². The molecule has 0 bridgehead atoms. The van der Waals surface area contributed by atoms with Gasteiger partial charge in [0.1, 0.15) is 24.7 Å². The maximum Gasteiger partial charge on any atom is 0.314 e. The van der Waals surface area contributed by atoms with Crippen molar-refractivity contribution in [2.75, 3.05) is 181 Å². The van der Waals surface area contributed by atoms with E-state index >= 15 is 0 Å². The van der Waals surface area contributed by atoms with Gasteiger partial charge in [0.05, 0.1) is 106 Å². The van der Waals surface area contributed by atoms with Crippen LogP contribution in [-0.2, 0) is 50.7 Å². The van der Waals surface area contributed by atoms with E-state index in [1.54, 1.807) is 0 Å². The zero-order chi connectivity index (χ0) is 66.2. The molecule has 0 aliphatic carbocycles. The highest BCUT2D eigenvalue weighted by Crippen LogP contribution is 2.19. The number of anilines is 4. The molecule has 6 amide bonds. The van der Waals surface area contributed by atoms with Crippen LogP contribution in [-0.4, -0.2) is 214 Å². The highest BCUT2D eigenvalue weighted by molar-refractivity contribution is 6.32. The van der Waals surface area contributed by atoms with Crippen molar-refractivity contribution in [1.82, 2.24) is 51.8 Å². The highest BCUT2D eigenvalue weighted by atomic mass is 35.5. The quantitative estimate of drug-likeness (QED) is 0.0171. The van der Waals surface area contributed by atoms with Crippen molar-refractivity contribution in [2.24, 2.45) is 21.5 Å². The van der Waals surface area contributed by atoms with E-state index in [9.17, 15) is 19.2 Å². The molecule has 92 heavy (non-hydrogen) atoms. The molecule has 4 aromatic rings. The third-order valence-electron chi connectivity index (χ3n) is 12.3. The summed E-state index contributed by atoms with van der Waals surface area (Å²) in [6.07, 6.45) is 6.29. The molecule has 32 nitrogen and oxygen atoms in total. The van der Waals surface area contributed by atoms with Crippen molar-refractivity contribution in [2.45, 2.75) is 51.4 Å². The number of nitrogens with zero attached hydrogens (tertiary/aromatic N) is 6. The van der Waals surface area contributed by atoms with Gasteiger partial charge >= 0.3 is 12.1 Å². The zero-order valence-corrected chi connectivity index (χ0v) is 53.4. The highest BCUT2D eigenvalue weighted by Gasteiger charge is 2.18. The molecule has 0 radical (unpaired) electrons. The van der Waals surface area contributed by atoms with E-state index in [2.05, 4.69) is 61.8 Å². The number of unbranched alkanes of at least 4 members (excludes halogenated alkanes) is 3. The number of nitrogens with one attached hydrogen (secondary N) is 6. The number of nitrogen functional groups attached to an aromatic ring is 4. The van der Waals surface area contributed by atoms with Crippen LogP contribution in [0.5, 0.6) is 11.5 Å². The number of aliphatic imine (C=N–C) groups is 2. The zero-order valence-electron chi connectivity index (χ0n) is 51.9. The number of hydrogen-bond donors (Lipinski definition) is 12. The molecule has 0 aliphatic rings. The van der Waals surface area contributed by atoms with E-state index in [1.165, 1.54) is 0 Å². The molecule has 2 aromatic heterocycles. The Bertz CT molecular complexity index is 2630. The van der Waals surface area contributed by atoms with Crippen LogP contribution < -0.4 is 75.8 Å². The summed E-state index contributed by atoms with van der Waals surface area (Å²) in [7, 11) is 0. The molecule has 18 N–H and O–H groups in total. The van der Waals surface area contributed by atoms with Crippen LogP contribution in [0.3, 0.4) is 0 Å². The van der Waals surface area contributed by atoms with Crippen LogP contribution in [0, 0.1) is 0 Å². The summed E-state index contributed by atoms with van der Waals surface area (Å²) >= 11 is 11.7. The van der Waals surface area contributed by atoms with Crippen LogP contribution in [0.4, 0.5) is 32.9 Å². The van der Waals surface area contributed by atoms with E-state index in [1.807, 2.05) is 48.5 Å². The molecule has 0 saturated heterocycles. The van der Waals surface area contributed by atoms with Gasteiger partial charge in [-0.3, -0.25) is 30.2 Å². The molecule has 34 heteroatoms. The Hall–Kier alpha value is -7.92. The van der Waals surface area contributed by atoms with Gasteiger partial charge in [0.25, 0.3) is 11.8 Å². The van der Waals surface area contributed by atoms with Crippen LogP contribution >= 0.6 is 23.2 Å². The standard InChI is InChI=1S/C58H90Cl2N18O14/c59-47-51(63)75-49(61)45(73-47)53(79)77-55(65)67-17-3-1-7-41-9-13-43(14-10-41)91-39-37-89-35-33-87-31-29-85-27-25-83-23-21-71-57(81)69-19-5-6-20-70-58(82)72-22-24-84-26-28-86-30-32-88-34-36-90-38-40-92-44-15-11-42(12-16-44)8-2-4-18-68-56(66)78-54(80)46-50(62)76-52(64)48(60)74-46/h9-16H,1-8,17-40H2,(H4,61,63,75)(H4,62,64,76)(H2,69,71,81)(H2,70,72,82)(H3,65,67,77,79)(H3,66,68,78,80). The van der Waals surface area contributed by atoms with Crippen LogP contribution in [0.25, 0.3) is 0 Å². The first kappa shape index (κ1) is 76.5. The first-order chi connectivity index (χ1) is 44.7. The van der Waals surface area contributed by atoms with E-state index in [-0.39, 0.29) is 68.9 Å². The van der Waals surface area contributed by atoms with Gasteiger partial charge in [-0.1, -0.05) is 47.5 Å². The summed E-state index contributed by atoms with van der Waals surface area (Å²) < 4.78 is 55.9. The second-order valence-electron chi connectivity index (χ2n) is 19.6. The lowest BCUT2D eigenvalue weighted by Crippen LogP contribution is -2.39. The fourth-order valence-electron chi connectivity index (χ4n) is 7.65. The number of halogens is 2. The Morgan fingerprint density at radius 3 is 1.02 bits per heavy atom. The summed E-state index contributed by atoms with van der Waals surface area (Å²) in [4.78, 5) is 72.4. The van der Waals surface area contributed by atoms with Crippen LogP contribution in [0.2, 0.25) is 10.3 Å². The summed E-state index contributed by atoms with van der Waals surface area (Å²) in [6.45, 7) is 9.74. The number of carbonyl (C=O) groups excluding carboxylic acids is 4. The van der Waals surface area contributed by atoms with Gasteiger partial charge in [0.2, 0.25) is 0 Å². The molecule has 4 rings (SSSR count). The molecule has 2 aromatic carbocycles. The second kappa shape index (κ2) is 47.9. The Labute approximate surface area is 545 Å². The molecule has 0 aliphatic heterocycles. The number of guanidine groups is 2. The number of carbonyl (C=O) groups is 4. The minimum Gasteiger partial charge on any atom is -0.491 e. The van der Waals surface area contributed by atoms with Crippen molar-refractivity contribution in [3.63, 3.8) is 0 Å². The first-order valence-corrected chi connectivity index (χ1v) is 30.9. The van der Waals surface area contributed by atoms with Gasteiger partial charge in [-0.2, -0.15) is 0 Å². The van der Waals surface area contributed by atoms with Gasteiger partial charge < -0.3 is 103 Å². The summed E-state index contributed by atoms with van der Waals surface area (Å²) in [5.74, 6) is -0.504. The summed E-state index contributed by atoms with van der Waals surface area (Å²) in [5, 5.41) is 15.6. The van der Waals surface area contributed by atoms with Gasteiger partial charge in [0, 0.05) is 39.3 Å². The van der Waals surface area contributed by atoms with Gasteiger partial charge in [-0.15, -0.1) is 0 Å². The monoisotopic (exact) mass is 1330 g/mol. The Morgan fingerprint density at radius 2 is 0.685 bits per heavy atom. The molecule has 0 fully saturated rings. The number of hydrogen-bond acceptors (Lipinski definition) is 24. The van der Waals surface area contributed by atoms with Gasteiger partial charge in [-0.25, -0.2) is 29.5 Å². The Morgan fingerprint density at radius 1 is 0.380 bits per heavy atom. The maximum atomic E-state index is 12.4. The number of urea groups is 2. The van der Waals surface area contributed by atoms with E-state index in [0.717, 1.165) is 61.2 Å². The number of ether oxygens (including phenoxy) is 10. The molecule has 0 atom stereocenters. The smallest absolute Gasteiger partial charge is 0.314 e. The first-order valence-electron chi connectivity index (χ1n) is 30.2. The molecule has 0 unspecified atom stereocenters. The number of amides is 6. The van der Waals surface area contributed by atoms with Gasteiger partial charge in [-0.05, 0) is 86.8 Å². The molecule has 0 saturated carbocycles. The predicted octanol–water partition coefficient (Wildman–Crippen LogP) is 2.01. The van der Waals surface area contributed by atoms with Crippen LogP contribution in [0.1, 0.15) is 70.6 Å². The summed E-state index contributed by atoms with van der Waals surface area (Å²) in [5.41, 5.74) is 36.0. The molecular formula is C58H90Cl2N18O14. The Balaban J connectivity index is 0.795. The van der Waals surface area contributed by atoms with Gasteiger partial charge in [0.15, 0.2) is 56.9 Å². The fourth-order valence-corrected chi connectivity index (χ4v) is 7.90. The summed E-state index contributed by atoms with van der Waals surface area (Å²) in [6, 6.07) is 15.1. The average Bonchev–Trinajstić information content (AvgIpc) is 2.82. The number of nitrogens with two attached hydrogens (primary N) is 6. The Kier molecular flexibility index (Phi) is 39.9. The van der Waals surface area contributed by atoms with Crippen molar-refractivity contribution in [3.8, 4) is 11.5 Å². The second-order valence-corrected chi connectivity index (χ2v) is 20.3. The van der Waals surface area contributed by atoms with Crippen molar-refractivity contribution in [3.05, 3.63) is 81.4 Å². The predicted molar refractivity (Wildman–Crippen MR) is 348 cm³/mol. The van der Waals surface area contributed by atoms with E-state index < -0.39 is 11.8 Å². The minimum atomic E-state index is -0.685. The average molecular weight is 1330 g/mol. The number of benzene rings is 2. The molecule has 2 heterocycles. The third kappa shape index (κ3) is 35.6. The fraction of sp³-hybridized carbons (Fsp3) is 0.552. The van der Waals surface area contributed by atoms with Crippen molar-refractivity contribution >= 4 is 82.3 Å². The molecule has 510 valence electrons. The van der Waals surface area contributed by atoms with E-state index in [0.29, 0.717) is 171 Å². The molecular weight excluding hydrogens is 1240 g/mol. The van der Waals surface area contributed by atoms with E-state index in [4.69, 9.17) is 105 Å². The number of rotatable bonds is 49. The third-order valence-corrected chi connectivity index (χ3v) is 12.9. The number of aromatic nitrogens is 4. The van der Waals surface area contributed by atoms with Crippen molar-refractivity contribution in [1.29, 1.82) is 0 Å². The molecule has 0 spiro atoms. The van der Waals surface area contributed by atoms with Crippen molar-refractivity contribution < 1.29 is 66.5 Å². The topological polar surface area (TPSA) is 465 Å². The largest absolute Gasteiger partial charge is 0.491 e. The maximum absolute atomic E-state index is 12.4. The lowest BCUT2D eigenvalue weighted by Gasteiger charge is -2.10. The lowest BCUT2D eigenvalue weighted by atomic mass is 10.1. The lowest BCUT2D eigenvalue weighted by molar-refractivity contribution is -0.00414.